The molecule has 3 rings (SSSR count). The van der Waals surface area contributed by atoms with Gasteiger partial charge in [0.25, 0.3) is 5.91 Å². The van der Waals surface area contributed by atoms with Crippen LogP contribution < -0.4 is 20.7 Å². The van der Waals surface area contributed by atoms with Crippen LogP contribution in [0.2, 0.25) is 0 Å². The molecule has 1 aliphatic carbocycles. The van der Waals surface area contributed by atoms with Gasteiger partial charge in [0.15, 0.2) is 5.96 Å². The molecule has 2 aliphatic rings. The van der Waals surface area contributed by atoms with Gasteiger partial charge in [-0.3, -0.25) is 14.7 Å². The summed E-state index contributed by atoms with van der Waals surface area (Å²) in [5, 5.41) is 9.66. The summed E-state index contributed by atoms with van der Waals surface area (Å²) in [7, 11) is 1.60. The molecule has 1 saturated heterocycles. The Kier molecular flexibility index (Phi) is 9.62. The molecule has 32 heavy (non-hydrogen) atoms. The second-order valence-corrected chi connectivity index (χ2v) is 8.49. The van der Waals surface area contributed by atoms with E-state index in [0.717, 1.165) is 45.4 Å². The number of morpholine rings is 1. The van der Waals surface area contributed by atoms with Gasteiger partial charge in [0.1, 0.15) is 5.75 Å². The van der Waals surface area contributed by atoms with Gasteiger partial charge in [-0.15, -0.1) is 0 Å². The van der Waals surface area contributed by atoms with Crippen molar-refractivity contribution in [1.82, 2.24) is 20.9 Å². The van der Waals surface area contributed by atoms with E-state index in [9.17, 15) is 4.79 Å². The van der Waals surface area contributed by atoms with Crippen LogP contribution in [-0.4, -0.2) is 81.9 Å². The molecule has 1 aromatic carbocycles. The fraction of sp³-hybridized carbons (Fsp3) is 0.667. The molecule has 1 aliphatic heterocycles. The lowest BCUT2D eigenvalue weighted by Gasteiger charge is -2.47. The minimum atomic E-state index is -0.110. The highest BCUT2D eigenvalue weighted by Crippen LogP contribution is 2.34. The van der Waals surface area contributed by atoms with Crippen LogP contribution in [0.15, 0.2) is 29.3 Å². The van der Waals surface area contributed by atoms with E-state index in [2.05, 4.69) is 27.8 Å². The minimum Gasteiger partial charge on any atom is -0.497 e. The molecule has 0 atom stereocenters. The van der Waals surface area contributed by atoms with Crippen LogP contribution in [0.5, 0.6) is 5.75 Å². The van der Waals surface area contributed by atoms with Crippen molar-refractivity contribution in [2.75, 3.05) is 59.6 Å². The Balaban J connectivity index is 1.52. The average Bonchev–Trinajstić information content (AvgIpc) is 2.86. The summed E-state index contributed by atoms with van der Waals surface area (Å²) in [5.74, 6) is 1.37. The molecular formula is C24H39N5O3. The summed E-state index contributed by atoms with van der Waals surface area (Å²) < 4.78 is 10.8. The monoisotopic (exact) mass is 445 g/mol. The number of hydrogen-bond donors (Lipinski definition) is 3. The number of rotatable bonds is 9. The summed E-state index contributed by atoms with van der Waals surface area (Å²) in [6, 6.07) is 7.17. The smallest absolute Gasteiger partial charge is 0.251 e. The van der Waals surface area contributed by atoms with Crippen LogP contribution in [0, 0.1) is 0 Å². The number of nitrogens with zero attached hydrogens (tertiary/aromatic N) is 2. The number of carbonyl (C=O) groups is 1. The number of ether oxygens (including phenoxy) is 2. The first-order chi connectivity index (χ1) is 15.7. The van der Waals surface area contributed by atoms with E-state index in [1.165, 1.54) is 32.1 Å². The molecule has 1 aromatic rings. The summed E-state index contributed by atoms with van der Waals surface area (Å²) >= 11 is 0. The highest BCUT2D eigenvalue weighted by Gasteiger charge is 2.38. The van der Waals surface area contributed by atoms with Gasteiger partial charge in [0.2, 0.25) is 0 Å². The Labute approximate surface area is 192 Å². The number of nitrogens with one attached hydrogen (secondary N) is 3. The van der Waals surface area contributed by atoms with Gasteiger partial charge in [0.05, 0.1) is 26.9 Å². The van der Waals surface area contributed by atoms with Gasteiger partial charge in [-0.2, -0.15) is 0 Å². The van der Waals surface area contributed by atoms with Crippen molar-refractivity contribution in [3.05, 3.63) is 29.8 Å². The van der Waals surface area contributed by atoms with Gasteiger partial charge >= 0.3 is 0 Å². The third kappa shape index (κ3) is 6.84. The molecule has 0 spiro atoms. The van der Waals surface area contributed by atoms with Crippen LogP contribution >= 0.6 is 0 Å². The molecule has 1 amide bonds. The number of guanidine groups is 1. The van der Waals surface area contributed by atoms with Gasteiger partial charge in [-0.05, 0) is 38.0 Å². The van der Waals surface area contributed by atoms with Crippen molar-refractivity contribution >= 4 is 11.9 Å². The Morgan fingerprint density at radius 2 is 1.88 bits per heavy atom. The molecule has 8 nitrogen and oxygen atoms in total. The Morgan fingerprint density at radius 3 is 2.59 bits per heavy atom. The largest absolute Gasteiger partial charge is 0.497 e. The number of benzene rings is 1. The first-order valence-electron chi connectivity index (χ1n) is 11.9. The topological polar surface area (TPSA) is 87.2 Å². The first-order valence-corrected chi connectivity index (χ1v) is 11.9. The highest BCUT2D eigenvalue weighted by atomic mass is 16.5. The van der Waals surface area contributed by atoms with E-state index in [-0.39, 0.29) is 11.4 Å². The molecule has 3 N–H and O–H groups in total. The van der Waals surface area contributed by atoms with Crippen LogP contribution in [0.1, 0.15) is 49.4 Å². The molecule has 0 unspecified atom stereocenters. The Hall–Kier alpha value is -2.32. The van der Waals surface area contributed by atoms with Crippen molar-refractivity contribution in [3.8, 4) is 5.75 Å². The van der Waals surface area contributed by atoms with E-state index >= 15 is 0 Å². The number of methoxy groups -OCH3 is 1. The summed E-state index contributed by atoms with van der Waals surface area (Å²) in [6.07, 6.45) is 6.26. The summed E-state index contributed by atoms with van der Waals surface area (Å²) in [5.41, 5.74) is 0.736. The molecular weight excluding hydrogens is 406 g/mol. The standard InChI is InChI=1S/C24H39N5O3/c1-3-25-23(27-13-12-26-22(30)20-8-7-9-21(18-20)31-2)28-19-24(10-5-4-6-11-24)29-14-16-32-17-15-29/h7-9,18H,3-6,10-17,19H2,1-2H3,(H,26,30)(H2,25,27,28). The molecule has 0 radical (unpaired) electrons. The van der Waals surface area contributed by atoms with Crippen LogP contribution in [0.25, 0.3) is 0 Å². The highest BCUT2D eigenvalue weighted by molar-refractivity contribution is 5.94. The lowest BCUT2D eigenvalue weighted by atomic mass is 9.80. The van der Waals surface area contributed by atoms with Crippen molar-refractivity contribution in [2.24, 2.45) is 4.99 Å². The minimum absolute atomic E-state index is 0.110. The zero-order chi connectivity index (χ0) is 22.7. The quantitative estimate of drug-likeness (QED) is 0.306. The maximum Gasteiger partial charge on any atom is 0.251 e. The van der Waals surface area contributed by atoms with Crippen LogP contribution in [-0.2, 0) is 4.74 Å². The zero-order valence-corrected chi connectivity index (χ0v) is 19.6. The van der Waals surface area contributed by atoms with E-state index < -0.39 is 0 Å². The number of carbonyl (C=O) groups excluding carboxylic acids is 1. The molecule has 8 heteroatoms. The molecule has 178 valence electrons. The second kappa shape index (κ2) is 12.6. The molecule has 1 saturated carbocycles. The fourth-order valence-electron chi connectivity index (χ4n) is 4.61. The zero-order valence-electron chi connectivity index (χ0n) is 19.6. The number of aliphatic imine (C=N–C) groups is 1. The second-order valence-electron chi connectivity index (χ2n) is 8.49. The fourth-order valence-corrected chi connectivity index (χ4v) is 4.61. The average molecular weight is 446 g/mol. The predicted molar refractivity (Wildman–Crippen MR) is 128 cm³/mol. The normalized spacial score (nSPS) is 19.2. The summed E-state index contributed by atoms with van der Waals surface area (Å²) in [4.78, 5) is 19.9. The van der Waals surface area contributed by atoms with Crippen molar-refractivity contribution in [1.29, 1.82) is 0 Å². The molecule has 1 heterocycles. The van der Waals surface area contributed by atoms with Crippen LogP contribution in [0.3, 0.4) is 0 Å². The van der Waals surface area contributed by atoms with Crippen LogP contribution in [0.4, 0.5) is 0 Å². The third-order valence-electron chi connectivity index (χ3n) is 6.38. The summed E-state index contributed by atoms with van der Waals surface area (Å²) in [6.45, 7) is 8.39. The van der Waals surface area contributed by atoms with Crippen molar-refractivity contribution < 1.29 is 14.3 Å². The van der Waals surface area contributed by atoms with Gasteiger partial charge in [-0.1, -0.05) is 25.3 Å². The molecule has 2 fully saturated rings. The van der Waals surface area contributed by atoms with Crippen molar-refractivity contribution in [3.63, 3.8) is 0 Å². The molecule has 0 bridgehead atoms. The van der Waals surface area contributed by atoms with Gasteiger partial charge in [0, 0.05) is 43.8 Å². The lowest BCUT2D eigenvalue weighted by Crippen LogP contribution is -2.56. The van der Waals surface area contributed by atoms with E-state index in [4.69, 9.17) is 14.5 Å². The maximum atomic E-state index is 12.4. The first kappa shape index (κ1) is 24.3. The SMILES string of the molecule is CCNC(=NCC1(N2CCOCC2)CCCCC1)NCCNC(=O)c1cccc(OC)c1. The third-order valence-corrected chi connectivity index (χ3v) is 6.38. The Bertz CT molecular complexity index is 743. The van der Waals surface area contributed by atoms with Crippen molar-refractivity contribution in [2.45, 2.75) is 44.6 Å². The van der Waals surface area contributed by atoms with E-state index in [0.29, 0.717) is 24.4 Å². The van der Waals surface area contributed by atoms with Gasteiger partial charge < -0.3 is 25.4 Å². The van der Waals surface area contributed by atoms with E-state index in [1.807, 2.05) is 12.1 Å². The lowest BCUT2D eigenvalue weighted by molar-refractivity contribution is -0.0333. The number of hydrogen-bond acceptors (Lipinski definition) is 5. The molecule has 0 aromatic heterocycles. The van der Waals surface area contributed by atoms with E-state index in [1.54, 1.807) is 19.2 Å². The maximum absolute atomic E-state index is 12.4. The predicted octanol–water partition coefficient (Wildman–Crippen LogP) is 2.02. The Morgan fingerprint density at radius 1 is 1.12 bits per heavy atom. The number of amides is 1. The van der Waals surface area contributed by atoms with Gasteiger partial charge in [-0.25, -0.2) is 0 Å².